The van der Waals surface area contributed by atoms with Gasteiger partial charge in [-0.25, -0.2) is 9.78 Å². The van der Waals surface area contributed by atoms with E-state index in [1.54, 1.807) is 12.3 Å². The number of carbonyl (C=O) groups is 1. The highest BCUT2D eigenvalue weighted by atomic mass is 16.5. The molecule has 0 aliphatic rings. The molecule has 164 valence electrons. The smallest absolute Gasteiger partial charge is 0.412 e. The minimum Gasteiger partial charge on any atom is -0.491 e. The summed E-state index contributed by atoms with van der Waals surface area (Å²) < 4.78 is 6.14. The molecule has 7 nitrogen and oxygen atoms in total. The quantitative estimate of drug-likeness (QED) is 0.643. The molecular formula is C23H34N4O3. The van der Waals surface area contributed by atoms with Crippen LogP contribution < -0.4 is 15.4 Å². The van der Waals surface area contributed by atoms with Gasteiger partial charge in [0.1, 0.15) is 18.2 Å². The SMILES string of the molecule is CC(C)CC(C)(N)COc1ccc(-c2ccnc(N(C)C(=O)O)c2)cc1CN(C)C. The van der Waals surface area contributed by atoms with Crippen molar-refractivity contribution in [2.75, 3.05) is 32.6 Å². The monoisotopic (exact) mass is 414 g/mol. The van der Waals surface area contributed by atoms with Crippen LogP contribution in [0.1, 0.15) is 32.8 Å². The second kappa shape index (κ2) is 9.91. The van der Waals surface area contributed by atoms with E-state index in [-0.39, 0.29) is 0 Å². The molecule has 0 aliphatic carbocycles. The molecule has 0 bridgehead atoms. The highest BCUT2D eigenvalue weighted by molar-refractivity contribution is 5.85. The maximum absolute atomic E-state index is 11.2. The molecule has 1 heterocycles. The van der Waals surface area contributed by atoms with E-state index in [0.29, 0.717) is 24.9 Å². The molecule has 3 N–H and O–H groups in total. The molecule has 1 unspecified atom stereocenters. The van der Waals surface area contributed by atoms with E-state index in [2.05, 4.69) is 29.8 Å². The van der Waals surface area contributed by atoms with Gasteiger partial charge < -0.3 is 20.5 Å². The molecule has 30 heavy (non-hydrogen) atoms. The molecule has 0 saturated carbocycles. The molecular weight excluding hydrogens is 380 g/mol. The van der Waals surface area contributed by atoms with Crippen LogP contribution >= 0.6 is 0 Å². The third-order valence-electron chi connectivity index (χ3n) is 4.69. The van der Waals surface area contributed by atoms with Gasteiger partial charge >= 0.3 is 6.09 Å². The predicted molar refractivity (Wildman–Crippen MR) is 121 cm³/mol. The molecule has 0 spiro atoms. The average molecular weight is 415 g/mol. The van der Waals surface area contributed by atoms with Crippen LogP contribution in [0.4, 0.5) is 10.6 Å². The molecule has 7 heteroatoms. The van der Waals surface area contributed by atoms with Crippen molar-refractivity contribution in [2.24, 2.45) is 11.7 Å². The number of amides is 1. The van der Waals surface area contributed by atoms with Gasteiger partial charge in [-0.05, 0) is 68.8 Å². The summed E-state index contributed by atoms with van der Waals surface area (Å²) in [7, 11) is 5.49. The first-order chi connectivity index (χ1) is 14.0. The Bertz CT molecular complexity index is 865. The Balaban J connectivity index is 2.32. The number of benzene rings is 1. The fraction of sp³-hybridized carbons (Fsp3) is 0.478. The summed E-state index contributed by atoms with van der Waals surface area (Å²) in [6.45, 7) is 7.48. The summed E-state index contributed by atoms with van der Waals surface area (Å²) in [6, 6.07) is 9.65. The zero-order valence-electron chi connectivity index (χ0n) is 18.8. The van der Waals surface area contributed by atoms with Crippen molar-refractivity contribution in [3.8, 4) is 16.9 Å². The van der Waals surface area contributed by atoms with E-state index in [0.717, 1.165) is 33.8 Å². The molecule has 0 aliphatic heterocycles. The average Bonchev–Trinajstić information content (AvgIpc) is 2.65. The van der Waals surface area contributed by atoms with Crippen molar-refractivity contribution in [1.82, 2.24) is 9.88 Å². The minimum absolute atomic E-state index is 0.377. The summed E-state index contributed by atoms with van der Waals surface area (Å²) in [5.74, 6) is 1.68. The van der Waals surface area contributed by atoms with Crippen LogP contribution in [0.2, 0.25) is 0 Å². The van der Waals surface area contributed by atoms with E-state index < -0.39 is 11.6 Å². The van der Waals surface area contributed by atoms with Crippen LogP contribution in [0.15, 0.2) is 36.5 Å². The topological polar surface area (TPSA) is 91.9 Å². The predicted octanol–water partition coefficient (Wildman–Crippen LogP) is 4.07. The summed E-state index contributed by atoms with van der Waals surface area (Å²) in [5, 5.41) is 9.21. The Kier molecular flexibility index (Phi) is 7.81. The molecule has 1 amide bonds. The van der Waals surface area contributed by atoms with Crippen LogP contribution in [-0.4, -0.2) is 54.4 Å². The van der Waals surface area contributed by atoms with Gasteiger partial charge in [-0.2, -0.15) is 0 Å². The largest absolute Gasteiger partial charge is 0.491 e. The zero-order chi connectivity index (χ0) is 22.5. The molecule has 2 rings (SSSR count). The van der Waals surface area contributed by atoms with Crippen LogP contribution in [0.25, 0.3) is 11.1 Å². The molecule has 1 atom stereocenters. The maximum Gasteiger partial charge on any atom is 0.412 e. The van der Waals surface area contributed by atoms with Crippen molar-refractivity contribution in [3.05, 3.63) is 42.1 Å². The summed E-state index contributed by atoms with van der Waals surface area (Å²) in [6.07, 6.45) is 1.44. The van der Waals surface area contributed by atoms with Crippen molar-refractivity contribution < 1.29 is 14.6 Å². The van der Waals surface area contributed by atoms with Gasteiger partial charge in [0.05, 0.1) is 0 Å². The number of rotatable bonds is 9. The number of ether oxygens (including phenoxy) is 1. The lowest BCUT2D eigenvalue weighted by atomic mass is 9.93. The van der Waals surface area contributed by atoms with Crippen LogP contribution in [-0.2, 0) is 6.54 Å². The Labute approximate surface area is 179 Å². The molecule has 0 radical (unpaired) electrons. The number of carboxylic acid groups (broad SMARTS) is 1. The number of nitrogens with zero attached hydrogens (tertiary/aromatic N) is 3. The van der Waals surface area contributed by atoms with Crippen molar-refractivity contribution >= 4 is 11.9 Å². The van der Waals surface area contributed by atoms with Gasteiger partial charge in [-0.1, -0.05) is 19.9 Å². The summed E-state index contributed by atoms with van der Waals surface area (Å²) in [5.41, 5.74) is 8.92. The zero-order valence-corrected chi connectivity index (χ0v) is 18.8. The van der Waals surface area contributed by atoms with Crippen molar-refractivity contribution in [2.45, 2.75) is 39.3 Å². The number of hydrogen-bond acceptors (Lipinski definition) is 5. The highest BCUT2D eigenvalue weighted by Crippen LogP contribution is 2.30. The third kappa shape index (κ3) is 6.71. The Hall–Kier alpha value is -2.64. The normalized spacial score (nSPS) is 13.4. The van der Waals surface area contributed by atoms with E-state index in [1.807, 2.05) is 39.2 Å². The first-order valence-corrected chi connectivity index (χ1v) is 10.1. The number of pyridine rings is 1. The lowest BCUT2D eigenvalue weighted by molar-refractivity contribution is 0.203. The number of hydrogen-bond donors (Lipinski definition) is 2. The van der Waals surface area contributed by atoms with Crippen LogP contribution in [0.3, 0.4) is 0 Å². The lowest BCUT2D eigenvalue weighted by Gasteiger charge is -2.27. The number of aromatic nitrogens is 1. The second-order valence-corrected chi connectivity index (χ2v) is 8.85. The molecule has 1 aromatic carbocycles. The Morgan fingerprint density at radius 3 is 2.47 bits per heavy atom. The fourth-order valence-corrected chi connectivity index (χ4v) is 3.48. The standard InChI is InChI=1S/C23H34N4O3/c1-16(2)13-23(3,24)15-30-20-8-7-17(11-19(20)14-26(4)5)18-9-10-25-21(12-18)27(6)22(28)29/h7-12,16H,13-15,24H2,1-6H3,(H,28,29). The summed E-state index contributed by atoms with van der Waals surface area (Å²) in [4.78, 5) is 18.6. The van der Waals surface area contributed by atoms with Gasteiger partial charge in [0, 0.05) is 30.9 Å². The van der Waals surface area contributed by atoms with Crippen molar-refractivity contribution in [1.29, 1.82) is 0 Å². The fourth-order valence-electron chi connectivity index (χ4n) is 3.48. The van der Waals surface area contributed by atoms with Crippen molar-refractivity contribution in [3.63, 3.8) is 0 Å². The Morgan fingerprint density at radius 2 is 1.87 bits per heavy atom. The Morgan fingerprint density at radius 1 is 1.20 bits per heavy atom. The number of nitrogens with two attached hydrogens (primary N) is 1. The van der Waals surface area contributed by atoms with Gasteiger partial charge in [-0.3, -0.25) is 4.90 Å². The first-order valence-electron chi connectivity index (χ1n) is 10.1. The maximum atomic E-state index is 11.2. The lowest BCUT2D eigenvalue weighted by Crippen LogP contribution is -2.43. The minimum atomic E-state index is -1.05. The van der Waals surface area contributed by atoms with Crippen LogP contribution in [0, 0.1) is 5.92 Å². The van der Waals surface area contributed by atoms with E-state index in [9.17, 15) is 9.90 Å². The second-order valence-electron chi connectivity index (χ2n) is 8.85. The molecule has 0 saturated heterocycles. The summed E-state index contributed by atoms with van der Waals surface area (Å²) >= 11 is 0. The molecule has 2 aromatic rings. The molecule has 0 fully saturated rings. The first kappa shape index (κ1) is 23.6. The third-order valence-corrected chi connectivity index (χ3v) is 4.69. The van der Waals surface area contributed by atoms with Crippen LogP contribution in [0.5, 0.6) is 5.75 Å². The van der Waals surface area contributed by atoms with Gasteiger partial charge in [-0.15, -0.1) is 0 Å². The molecule has 1 aromatic heterocycles. The van der Waals surface area contributed by atoms with Gasteiger partial charge in [0.15, 0.2) is 0 Å². The van der Waals surface area contributed by atoms with E-state index in [4.69, 9.17) is 10.5 Å². The number of anilines is 1. The van der Waals surface area contributed by atoms with E-state index >= 15 is 0 Å². The van der Waals surface area contributed by atoms with Gasteiger partial charge in [0.2, 0.25) is 0 Å². The highest BCUT2D eigenvalue weighted by Gasteiger charge is 2.22. The van der Waals surface area contributed by atoms with E-state index in [1.165, 1.54) is 7.05 Å². The van der Waals surface area contributed by atoms with Gasteiger partial charge in [0.25, 0.3) is 0 Å².